The van der Waals surface area contributed by atoms with E-state index in [-0.39, 0.29) is 17.8 Å². The molecule has 166 valence electrons. The summed E-state index contributed by atoms with van der Waals surface area (Å²) in [5.74, 6) is 0.251. The fraction of sp³-hybridized carbons (Fsp3) is 0.192. The molecule has 4 aromatic rings. The third-order valence-electron chi connectivity index (χ3n) is 6.21. The third kappa shape index (κ3) is 3.85. The smallest absolute Gasteiger partial charge is 0.170 e. The standard InChI is InChI=1S/C26H25N5OS/c1-17-15-20(18(2)31(17)22-8-3-4-9-23(22)32)25-24(21-7-5-6-12-28-21)29-26(33)30(25)16-19-10-13-27-14-11-19/h3-15,24-25,32H,16H2,1-2H3,(H,29,33)/t24-,25+/m1/s1. The van der Waals surface area contributed by atoms with Crippen LogP contribution < -0.4 is 5.32 Å². The first-order valence-corrected chi connectivity index (χ1v) is 11.3. The number of aryl methyl sites for hydroxylation is 1. The van der Waals surface area contributed by atoms with E-state index in [1.165, 1.54) is 0 Å². The van der Waals surface area contributed by atoms with Crippen LogP contribution >= 0.6 is 12.2 Å². The highest BCUT2D eigenvalue weighted by Crippen LogP contribution is 2.42. The lowest BCUT2D eigenvalue weighted by atomic mass is 9.96. The number of phenolic OH excluding ortho intramolecular Hbond substituents is 1. The quantitative estimate of drug-likeness (QED) is 0.423. The average molecular weight is 456 g/mol. The van der Waals surface area contributed by atoms with Crippen LogP contribution in [-0.2, 0) is 6.54 Å². The predicted octanol–water partition coefficient (Wildman–Crippen LogP) is 4.76. The molecular formula is C26H25N5OS. The van der Waals surface area contributed by atoms with Gasteiger partial charge in [0, 0.05) is 36.5 Å². The van der Waals surface area contributed by atoms with Crippen molar-refractivity contribution < 1.29 is 5.11 Å². The Morgan fingerprint density at radius 1 is 1.00 bits per heavy atom. The van der Waals surface area contributed by atoms with Gasteiger partial charge in [0.25, 0.3) is 0 Å². The lowest BCUT2D eigenvalue weighted by Crippen LogP contribution is -2.29. The molecule has 1 aromatic carbocycles. The molecule has 4 heterocycles. The molecule has 33 heavy (non-hydrogen) atoms. The molecule has 7 heteroatoms. The van der Waals surface area contributed by atoms with Crippen molar-refractivity contribution in [3.8, 4) is 11.4 Å². The molecular weight excluding hydrogens is 430 g/mol. The van der Waals surface area contributed by atoms with E-state index in [0.717, 1.165) is 33.9 Å². The molecule has 6 nitrogen and oxygen atoms in total. The average Bonchev–Trinajstić information content (AvgIpc) is 3.30. The first kappa shape index (κ1) is 21.2. The highest BCUT2D eigenvalue weighted by molar-refractivity contribution is 7.80. The van der Waals surface area contributed by atoms with E-state index in [2.05, 4.69) is 44.7 Å². The minimum absolute atomic E-state index is 0.0635. The number of hydrogen-bond acceptors (Lipinski definition) is 4. The first-order valence-electron chi connectivity index (χ1n) is 10.9. The Bertz CT molecular complexity index is 1290. The Hall–Kier alpha value is -3.71. The van der Waals surface area contributed by atoms with Gasteiger partial charge in [-0.05, 0) is 79.7 Å². The molecule has 1 aliphatic heterocycles. The number of benzene rings is 1. The molecule has 0 saturated carbocycles. The molecule has 0 aliphatic carbocycles. The van der Waals surface area contributed by atoms with Gasteiger partial charge in [0.05, 0.1) is 23.5 Å². The van der Waals surface area contributed by atoms with E-state index < -0.39 is 0 Å². The number of phenols is 1. The Balaban J connectivity index is 1.63. The van der Waals surface area contributed by atoms with Crippen LogP contribution in [0.2, 0.25) is 0 Å². The normalized spacial score (nSPS) is 17.9. The van der Waals surface area contributed by atoms with Gasteiger partial charge in [-0.3, -0.25) is 9.97 Å². The number of aromatic nitrogens is 3. The summed E-state index contributed by atoms with van der Waals surface area (Å²) >= 11 is 5.82. The van der Waals surface area contributed by atoms with E-state index >= 15 is 0 Å². The zero-order valence-corrected chi connectivity index (χ0v) is 19.3. The molecule has 2 atom stereocenters. The van der Waals surface area contributed by atoms with Gasteiger partial charge in [0.15, 0.2) is 5.11 Å². The van der Waals surface area contributed by atoms with Gasteiger partial charge in [-0.15, -0.1) is 0 Å². The topological polar surface area (TPSA) is 66.2 Å². The van der Waals surface area contributed by atoms with Crippen molar-refractivity contribution in [2.75, 3.05) is 0 Å². The van der Waals surface area contributed by atoms with Crippen molar-refractivity contribution >= 4 is 17.3 Å². The Kier molecular flexibility index (Phi) is 5.56. The summed E-state index contributed by atoms with van der Waals surface area (Å²) in [5.41, 5.74) is 6.09. The van der Waals surface area contributed by atoms with Crippen molar-refractivity contribution in [1.29, 1.82) is 0 Å². The van der Waals surface area contributed by atoms with Gasteiger partial charge in [0.2, 0.25) is 0 Å². The van der Waals surface area contributed by atoms with Crippen LogP contribution in [-0.4, -0.2) is 29.7 Å². The maximum absolute atomic E-state index is 10.5. The molecule has 0 radical (unpaired) electrons. The molecule has 2 N–H and O–H groups in total. The van der Waals surface area contributed by atoms with Crippen molar-refractivity contribution in [2.45, 2.75) is 32.5 Å². The summed E-state index contributed by atoms with van der Waals surface area (Å²) in [5, 5.41) is 14.7. The van der Waals surface area contributed by atoms with Gasteiger partial charge < -0.3 is 19.9 Å². The minimum atomic E-state index is -0.0983. The summed E-state index contributed by atoms with van der Waals surface area (Å²) in [6, 6.07) is 19.4. The van der Waals surface area contributed by atoms with Crippen LogP contribution in [0.5, 0.6) is 5.75 Å². The number of hydrogen-bond donors (Lipinski definition) is 2. The summed E-state index contributed by atoms with van der Waals surface area (Å²) in [6.07, 6.45) is 5.42. The Morgan fingerprint density at radius 2 is 1.76 bits per heavy atom. The molecule has 1 fully saturated rings. The number of rotatable bonds is 5. The second-order valence-electron chi connectivity index (χ2n) is 8.26. The molecule has 0 amide bonds. The molecule has 5 rings (SSSR count). The van der Waals surface area contributed by atoms with Crippen LogP contribution in [0.4, 0.5) is 0 Å². The summed E-state index contributed by atoms with van der Waals surface area (Å²) in [6.45, 7) is 4.81. The second-order valence-corrected chi connectivity index (χ2v) is 8.65. The maximum Gasteiger partial charge on any atom is 0.170 e. The second kappa shape index (κ2) is 8.67. The number of thiocarbonyl (C=S) groups is 1. The fourth-order valence-corrected chi connectivity index (χ4v) is 5.02. The number of para-hydroxylation sites is 2. The van der Waals surface area contributed by atoms with Crippen molar-refractivity contribution in [3.05, 3.63) is 107 Å². The van der Waals surface area contributed by atoms with Crippen LogP contribution in [0.3, 0.4) is 0 Å². The molecule has 0 bridgehead atoms. The Labute approximate surface area is 198 Å². The summed E-state index contributed by atoms with van der Waals surface area (Å²) in [4.78, 5) is 11.0. The van der Waals surface area contributed by atoms with Crippen molar-refractivity contribution in [1.82, 2.24) is 24.8 Å². The molecule has 1 saturated heterocycles. The van der Waals surface area contributed by atoms with Gasteiger partial charge in [-0.1, -0.05) is 18.2 Å². The minimum Gasteiger partial charge on any atom is -0.506 e. The fourth-order valence-electron chi connectivity index (χ4n) is 4.71. The van der Waals surface area contributed by atoms with Crippen molar-refractivity contribution in [3.63, 3.8) is 0 Å². The monoisotopic (exact) mass is 455 g/mol. The number of pyridine rings is 2. The van der Waals surface area contributed by atoms with E-state index in [1.807, 2.05) is 54.7 Å². The summed E-state index contributed by atoms with van der Waals surface area (Å²) < 4.78 is 2.10. The van der Waals surface area contributed by atoms with Crippen LogP contribution in [0, 0.1) is 13.8 Å². The highest BCUT2D eigenvalue weighted by Gasteiger charge is 2.41. The molecule has 0 unspecified atom stereocenters. The first-order chi connectivity index (χ1) is 16.0. The van der Waals surface area contributed by atoms with Crippen LogP contribution in [0.15, 0.2) is 79.3 Å². The number of aromatic hydroxyl groups is 1. The zero-order valence-electron chi connectivity index (χ0n) is 18.5. The highest BCUT2D eigenvalue weighted by atomic mass is 32.1. The van der Waals surface area contributed by atoms with Gasteiger partial charge in [0.1, 0.15) is 5.75 Å². The lowest BCUT2D eigenvalue weighted by Gasteiger charge is -2.28. The van der Waals surface area contributed by atoms with Gasteiger partial charge in [-0.2, -0.15) is 0 Å². The van der Waals surface area contributed by atoms with E-state index in [9.17, 15) is 5.11 Å². The largest absolute Gasteiger partial charge is 0.506 e. The van der Waals surface area contributed by atoms with Gasteiger partial charge >= 0.3 is 0 Å². The molecule has 0 spiro atoms. The summed E-state index contributed by atoms with van der Waals surface area (Å²) in [7, 11) is 0. The van der Waals surface area contributed by atoms with E-state index in [4.69, 9.17) is 12.2 Å². The van der Waals surface area contributed by atoms with E-state index in [0.29, 0.717) is 11.7 Å². The predicted molar refractivity (Wildman–Crippen MR) is 132 cm³/mol. The third-order valence-corrected chi connectivity index (χ3v) is 6.56. The van der Waals surface area contributed by atoms with E-state index in [1.54, 1.807) is 18.5 Å². The maximum atomic E-state index is 10.5. The number of nitrogens with one attached hydrogen (secondary N) is 1. The molecule has 1 aliphatic rings. The zero-order chi connectivity index (χ0) is 22.9. The van der Waals surface area contributed by atoms with Gasteiger partial charge in [-0.25, -0.2) is 0 Å². The van der Waals surface area contributed by atoms with Crippen LogP contribution in [0.1, 0.15) is 40.3 Å². The molecule has 3 aromatic heterocycles. The lowest BCUT2D eigenvalue weighted by molar-refractivity contribution is 0.310. The number of nitrogens with zero attached hydrogens (tertiary/aromatic N) is 4. The van der Waals surface area contributed by atoms with Crippen molar-refractivity contribution in [2.24, 2.45) is 0 Å². The van der Waals surface area contributed by atoms with Crippen LogP contribution in [0.25, 0.3) is 5.69 Å². The SMILES string of the molecule is Cc1cc([C@H]2[C@@H](c3ccccn3)NC(=S)N2Cc2ccncc2)c(C)n1-c1ccccc1O. The Morgan fingerprint density at radius 3 is 2.48 bits per heavy atom.